The molecule has 2 aliphatic rings. The number of carbonyl (C=O) groups excluding carboxylic acids is 2. The van der Waals surface area contributed by atoms with Crippen LogP contribution in [-0.2, 0) is 16.0 Å². The second-order valence-corrected chi connectivity index (χ2v) is 7.51. The summed E-state index contributed by atoms with van der Waals surface area (Å²) >= 11 is 5.95. The Bertz CT molecular complexity index is 698. The number of phenols is 1. The number of carbonyl (C=O) groups is 2. The van der Waals surface area contributed by atoms with Gasteiger partial charge < -0.3 is 20.5 Å². The normalized spacial score (nSPS) is 19.2. The van der Waals surface area contributed by atoms with Crippen LogP contribution in [0.5, 0.6) is 5.75 Å². The first-order valence-corrected chi connectivity index (χ1v) is 9.74. The molecule has 3 rings (SSSR count). The topological polar surface area (TPSA) is 96.1 Å². The molecule has 2 aliphatic heterocycles. The Kier molecular flexibility index (Phi) is 6.57. The molecule has 0 aromatic heterocycles. The molecule has 2 amide bonds. The van der Waals surface area contributed by atoms with E-state index in [0.717, 1.165) is 52.2 Å². The van der Waals surface area contributed by atoms with Gasteiger partial charge in [0.25, 0.3) is 5.91 Å². The number of aryl methyl sites for hydroxylation is 1. The molecule has 0 radical (unpaired) electrons. The Morgan fingerprint density at radius 1 is 1.19 bits per heavy atom. The van der Waals surface area contributed by atoms with Gasteiger partial charge in [0.2, 0.25) is 5.91 Å². The van der Waals surface area contributed by atoms with Crippen LogP contribution >= 0.6 is 11.6 Å². The van der Waals surface area contributed by atoms with Gasteiger partial charge in [-0.1, -0.05) is 11.6 Å². The van der Waals surface area contributed by atoms with E-state index in [9.17, 15) is 14.7 Å². The maximum Gasteiger partial charge on any atom is 0.252 e. The lowest BCUT2D eigenvalue weighted by atomic mass is 10.0. The molecule has 3 N–H and O–H groups in total. The zero-order valence-electron chi connectivity index (χ0n) is 15.3. The van der Waals surface area contributed by atoms with E-state index in [-0.39, 0.29) is 22.2 Å². The van der Waals surface area contributed by atoms with Crippen LogP contribution in [0.15, 0.2) is 12.1 Å². The Morgan fingerprint density at radius 2 is 1.85 bits per heavy atom. The molecule has 0 saturated carbocycles. The number of hydrogen-bond acceptors (Lipinski definition) is 5. The van der Waals surface area contributed by atoms with Gasteiger partial charge in [0.05, 0.1) is 10.6 Å². The highest BCUT2D eigenvalue weighted by Gasteiger charge is 2.27. The van der Waals surface area contributed by atoms with E-state index in [1.165, 1.54) is 6.07 Å². The third-order valence-corrected chi connectivity index (χ3v) is 5.68. The van der Waals surface area contributed by atoms with Crippen molar-refractivity contribution >= 4 is 23.4 Å². The quantitative estimate of drug-likeness (QED) is 0.785. The van der Waals surface area contributed by atoms with Crippen molar-refractivity contribution in [2.45, 2.75) is 31.7 Å². The van der Waals surface area contributed by atoms with Gasteiger partial charge in [0.15, 0.2) is 0 Å². The van der Waals surface area contributed by atoms with Gasteiger partial charge in [-0.2, -0.15) is 0 Å². The van der Waals surface area contributed by atoms with Crippen molar-refractivity contribution in [1.29, 1.82) is 0 Å². The number of halogens is 1. The summed E-state index contributed by atoms with van der Waals surface area (Å²) in [4.78, 5) is 28.3. The predicted octanol–water partition coefficient (Wildman–Crippen LogP) is 1.40. The van der Waals surface area contributed by atoms with Crippen molar-refractivity contribution in [2.75, 3.05) is 39.4 Å². The monoisotopic (exact) mass is 395 g/mol. The fraction of sp³-hybridized carbons (Fsp3) is 0.579. The first-order chi connectivity index (χ1) is 13.0. The molecule has 8 heteroatoms. The van der Waals surface area contributed by atoms with Crippen molar-refractivity contribution in [3.63, 3.8) is 0 Å². The molecule has 2 fully saturated rings. The molecule has 1 aromatic carbocycles. The van der Waals surface area contributed by atoms with Gasteiger partial charge in [-0.15, -0.1) is 0 Å². The van der Waals surface area contributed by atoms with E-state index >= 15 is 0 Å². The van der Waals surface area contributed by atoms with Crippen LogP contribution in [0, 0.1) is 0 Å². The van der Waals surface area contributed by atoms with Crippen molar-refractivity contribution in [3.05, 3.63) is 28.3 Å². The number of benzene rings is 1. The minimum absolute atomic E-state index is 0.0185. The molecular formula is C19H26ClN3O4. The lowest BCUT2D eigenvalue weighted by Gasteiger charge is -2.40. The number of hydrogen-bond donors (Lipinski definition) is 2. The fourth-order valence-corrected chi connectivity index (χ4v) is 4.03. The van der Waals surface area contributed by atoms with Gasteiger partial charge >= 0.3 is 0 Å². The zero-order valence-corrected chi connectivity index (χ0v) is 16.1. The van der Waals surface area contributed by atoms with Crippen LogP contribution in [0.1, 0.15) is 35.2 Å². The van der Waals surface area contributed by atoms with Crippen LogP contribution in [0.3, 0.4) is 0 Å². The molecule has 0 atom stereocenters. The molecular weight excluding hydrogens is 370 g/mol. The maximum atomic E-state index is 12.5. The van der Waals surface area contributed by atoms with Crippen molar-refractivity contribution in [1.82, 2.24) is 9.80 Å². The third-order valence-electron chi connectivity index (χ3n) is 5.39. The SMILES string of the molecule is NC(=O)c1cc(CCC(=O)N2CCN(C3CCOCC3)CC2)cc(Cl)c1O. The summed E-state index contributed by atoms with van der Waals surface area (Å²) in [7, 11) is 0. The maximum absolute atomic E-state index is 12.5. The highest BCUT2D eigenvalue weighted by Crippen LogP contribution is 2.29. The van der Waals surface area contributed by atoms with E-state index in [1.807, 2.05) is 4.90 Å². The molecule has 148 valence electrons. The van der Waals surface area contributed by atoms with Crippen LogP contribution in [-0.4, -0.2) is 72.2 Å². The Labute approximate surface area is 164 Å². The van der Waals surface area contributed by atoms with Gasteiger partial charge in [-0.05, 0) is 37.0 Å². The highest BCUT2D eigenvalue weighted by atomic mass is 35.5. The average molecular weight is 396 g/mol. The number of amides is 2. The van der Waals surface area contributed by atoms with Crippen molar-refractivity contribution in [2.24, 2.45) is 5.73 Å². The second kappa shape index (κ2) is 8.91. The summed E-state index contributed by atoms with van der Waals surface area (Å²) in [5.41, 5.74) is 5.95. The molecule has 0 bridgehead atoms. The van der Waals surface area contributed by atoms with Crippen molar-refractivity contribution < 1.29 is 19.4 Å². The number of piperazine rings is 1. The summed E-state index contributed by atoms with van der Waals surface area (Å²) in [6, 6.07) is 3.64. The molecule has 0 aliphatic carbocycles. The average Bonchev–Trinajstić information content (AvgIpc) is 2.69. The zero-order chi connectivity index (χ0) is 19.4. The minimum atomic E-state index is -0.744. The highest BCUT2D eigenvalue weighted by molar-refractivity contribution is 6.32. The molecule has 0 unspecified atom stereocenters. The van der Waals surface area contributed by atoms with Crippen LogP contribution in [0.4, 0.5) is 0 Å². The number of aromatic hydroxyl groups is 1. The van der Waals surface area contributed by atoms with Crippen LogP contribution in [0.2, 0.25) is 5.02 Å². The molecule has 27 heavy (non-hydrogen) atoms. The molecule has 0 spiro atoms. The van der Waals surface area contributed by atoms with Gasteiger partial charge in [0.1, 0.15) is 5.75 Å². The summed E-state index contributed by atoms with van der Waals surface area (Å²) in [5, 5.41) is 9.85. The van der Waals surface area contributed by atoms with Gasteiger partial charge in [-0.25, -0.2) is 0 Å². The van der Waals surface area contributed by atoms with Gasteiger partial charge in [-0.3, -0.25) is 14.5 Å². The lowest BCUT2D eigenvalue weighted by Crippen LogP contribution is -2.53. The first kappa shape index (κ1) is 19.9. The number of nitrogens with two attached hydrogens (primary N) is 1. The predicted molar refractivity (Wildman–Crippen MR) is 102 cm³/mol. The smallest absolute Gasteiger partial charge is 0.252 e. The number of rotatable bonds is 5. The largest absolute Gasteiger partial charge is 0.506 e. The third kappa shape index (κ3) is 4.91. The van der Waals surface area contributed by atoms with Gasteiger partial charge in [0, 0.05) is 51.9 Å². The van der Waals surface area contributed by atoms with E-state index < -0.39 is 5.91 Å². The van der Waals surface area contributed by atoms with E-state index in [2.05, 4.69) is 4.90 Å². The Morgan fingerprint density at radius 3 is 2.48 bits per heavy atom. The summed E-state index contributed by atoms with van der Waals surface area (Å²) in [6.45, 7) is 4.91. The Hall–Kier alpha value is -1.83. The van der Waals surface area contributed by atoms with Crippen LogP contribution < -0.4 is 5.73 Å². The lowest BCUT2D eigenvalue weighted by molar-refractivity contribution is -0.133. The number of ether oxygens (including phenoxy) is 1. The number of nitrogens with zero attached hydrogens (tertiary/aromatic N) is 2. The van der Waals surface area contributed by atoms with E-state index in [1.54, 1.807) is 6.07 Å². The molecule has 2 saturated heterocycles. The van der Waals surface area contributed by atoms with Crippen LogP contribution in [0.25, 0.3) is 0 Å². The summed E-state index contributed by atoms with van der Waals surface area (Å²) < 4.78 is 5.42. The number of primary amides is 1. The summed E-state index contributed by atoms with van der Waals surface area (Å²) in [5.74, 6) is -0.971. The van der Waals surface area contributed by atoms with E-state index in [0.29, 0.717) is 24.4 Å². The van der Waals surface area contributed by atoms with Crippen molar-refractivity contribution in [3.8, 4) is 5.75 Å². The standard InChI is InChI=1S/C19H26ClN3O4/c20-16-12-13(11-15(18(16)25)19(21)26)1-2-17(24)23-7-5-22(6-8-23)14-3-9-27-10-4-14/h11-12,14,25H,1-10H2,(H2,21,26). The first-order valence-electron chi connectivity index (χ1n) is 9.36. The minimum Gasteiger partial charge on any atom is -0.506 e. The molecule has 1 aromatic rings. The second-order valence-electron chi connectivity index (χ2n) is 7.10. The molecule has 2 heterocycles. The van der Waals surface area contributed by atoms with E-state index in [4.69, 9.17) is 22.1 Å². The summed E-state index contributed by atoms with van der Waals surface area (Å²) in [6.07, 6.45) is 2.91. The Balaban J connectivity index is 1.51. The molecule has 7 nitrogen and oxygen atoms in total. The fourth-order valence-electron chi connectivity index (χ4n) is 3.78.